The van der Waals surface area contributed by atoms with Gasteiger partial charge in [0.1, 0.15) is 5.82 Å². The molecule has 0 saturated carbocycles. The number of H-pyrrole nitrogens is 1. The second-order valence-electron chi connectivity index (χ2n) is 3.43. The molecule has 1 aromatic carbocycles. The number of benzene rings is 1. The molecule has 2 rings (SSSR count). The monoisotopic (exact) mass is 197 g/mol. The fourth-order valence-electron chi connectivity index (χ4n) is 1.52. The Kier molecular flexibility index (Phi) is 2.51. The minimum Gasteiger partial charge on any atom is -0.348 e. The summed E-state index contributed by atoms with van der Waals surface area (Å²) in [5.41, 5.74) is 1.84. The normalized spacial score (nSPS) is 12.0. The van der Waals surface area contributed by atoms with Crippen LogP contribution in [-0.2, 0) is 0 Å². The van der Waals surface area contributed by atoms with Gasteiger partial charge in [0.05, 0.1) is 11.6 Å². The smallest absolute Gasteiger partial charge is 0.113 e. The van der Waals surface area contributed by atoms with E-state index in [-0.39, 0.29) is 5.92 Å². The van der Waals surface area contributed by atoms with Crippen molar-refractivity contribution in [2.75, 3.05) is 0 Å². The first-order chi connectivity index (χ1) is 7.31. The van der Waals surface area contributed by atoms with Crippen LogP contribution in [0.3, 0.4) is 0 Å². The van der Waals surface area contributed by atoms with E-state index in [1.165, 1.54) is 0 Å². The summed E-state index contributed by atoms with van der Waals surface area (Å²) in [5, 5.41) is 8.68. The van der Waals surface area contributed by atoms with Crippen molar-refractivity contribution < 1.29 is 0 Å². The molecule has 0 radical (unpaired) electrons. The van der Waals surface area contributed by atoms with Gasteiger partial charge in [0.15, 0.2) is 0 Å². The molecule has 3 nitrogen and oxygen atoms in total. The molecule has 0 spiro atoms. The third-order valence-corrected chi connectivity index (χ3v) is 2.47. The van der Waals surface area contributed by atoms with Crippen molar-refractivity contribution in [1.29, 1.82) is 5.26 Å². The van der Waals surface area contributed by atoms with Gasteiger partial charge in [-0.2, -0.15) is 5.26 Å². The minimum atomic E-state index is 0.229. The van der Waals surface area contributed by atoms with Crippen LogP contribution in [0.15, 0.2) is 36.7 Å². The number of nitriles is 1. The number of imidazole rings is 1. The van der Waals surface area contributed by atoms with Gasteiger partial charge in [-0.3, -0.25) is 0 Å². The van der Waals surface area contributed by atoms with Crippen molar-refractivity contribution in [2.24, 2.45) is 0 Å². The number of hydrogen-bond donors (Lipinski definition) is 1. The summed E-state index contributed by atoms with van der Waals surface area (Å²) in [4.78, 5) is 7.30. The largest absolute Gasteiger partial charge is 0.348 e. The van der Waals surface area contributed by atoms with Crippen LogP contribution in [0.25, 0.3) is 0 Å². The van der Waals surface area contributed by atoms with Gasteiger partial charge in [0.2, 0.25) is 0 Å². The molecule has 2 aromatic rings. The first-order valence-electron chi connectivity index (χ1n) is 4.80. The van der Waals surface area contributed by atoms with Crippen molar-refractivity contribution in [3.05, 3.63) is 53.6 Å². The van der Waals surface area contributed by atoms with Gasteiger partial charge < -0.3 is 4.98 Å². The molecular formula is C12H11N3. The molecule has 1 atom stereocenters. The predicted molar refractivity (Wildman–Crippen MR) is 57.3 cm³/mol. The van der Waals surface area contributed by atoms with E-state index in [0.717, 1.165) is 11.4 Å². The Bertz CT molecular complexity index is 463. The summed E-state index contributed by atoms with van der Waals surface area (Å²) < 4.78 is 0. The molecule has 74 valence electrons. The summed E-state index contributed by atoms with van der Waals surface area (Å²) in [5.74, 6) is 1.17. The van der Waals surface area contributed by atoms with E-state index < -0.39 is 0 Å². The molecular weight excluding hydrogens is 186 g/mol. The number of rotatable bonds is 2. The van der Waals surface area contributed by atoms with Crippen molar-refractivity contribution >= 4 is 0 Å². The SMILES string of the molecule is CC(c1ccc(C#N)cc1)c1ncc[nH]1. The summed E-state index contributed by atoms with van der Waals surface area (Å²) >= 11 is 0. The van der Waals surface area contributed by atoms with Crippen molar-refractivity contribution in [3.63, 3.8) is 0 Å². The predicted octanol–water partition coefficient (Wildman–Crippen LogP) is 2.43. The Labute approximate surface area is 88.4 Å². The zero-order valence-electron chi connectivity index (χ0n) is 8.44. The quantitative estimate of drug-likeness (QED) is 0.803. The third-order valence-electron chi connectivity index (χ3n) is 2.47. The lowest BCUT2D eigenvalue weighted by atomic mass is 9.99. The van der Waals surface area contributed by atoms with E-state index in [2.05, 4.69) is 23.0 Å². The summed E-state index contributed by atoms with van der Waals surface area (Å²) in [7, 11) is 0. The van der Waals surface area contributed by atoms with Crippen molar-refractivity contribution in [1.82, 2.24) is 9.97 Å². The Hall–Kier alpha value is -2.08. The number of nitrogens with one attached hydrogen (secondary N) is 1. The van der Waals surface area contributed by atoms with Gasteiger partial charge in [-0.25, -0.2) is 4.98 Å². The van der Waals surface area contributed by atoms with Crippen LogP contribution in [0.5, 0.6) is 0 Å². The van der Waals surface area contributed by atoms with E-state index in [1.807, 2.05) is 30.5 Å². The molecule has 0 saturated heterocycles. The molecule has 0 aliphatic heterocycles. The standard InChI is InChI=1S/C12H11N3/c1-9(12-14-6-7-15-12)11-4-2-10(8-13)3-5-11/h2-7,9H,1H3,(H,14,15). The van der Waals surface area contributed by atoms with Crippen LogP contribution in [0, 0.1) is 11.3 Å². The second-order valence-corrected chi connectivity index (χ2v) is 3.43. The Morgan fingerprint density at radius 1 is 1.33 bits per heavy atom. The van der Waals surface area contributed by atoms with Crippen LogP contribution in [0.4, 0.5) is 0 Å². The maximum atomic E-state index is 8.68. The Morgan fingerprint density at radius 2 is 2.07 bits per heavy atom. The van der Waals surface area contributed by atoms with Crippen LogP contribution in [0.1, 0.15) is 29.8 Å². The average Bonchev–Trinajstić information content (AvgIpc) is 2.82. The molecule has 0 amide bonds. The third kappa shape index (κ3) is 1.89. The fourth-order valence-corrected chi connectivity index (χ4v) is 1.52. The van der Waals surface area contributed by atoms with E-state index in [4.69, 9.17) is 5.26 Å². The highest BCUT2D eigenvalue weighted by Gasteiger charge is 2.09. The zero-order valence-corrected chi connectivity index (χ0v) is 8.44. The lowest BCUT2D eigenvalue weighted by Gasteiger charge is -2.08. The summed E-state index contributed by atoms with van der Waals surface area (Å²) in [6.07, 6.45) is 3.56. The number of aromatic nitrogens is 2. The van der Waals surface area contributed by atoms with Crippen molar-refractivity contribution in [3.8, 4) is 6.07 Å². The van der Waals surface area contributed by atoms with Gasteiger partial charge in [0, 0.05) is 18.3 Å². The van der Waals surface area contributed by atoms with Gasteiger partial charge in [-0.05, 0) is 17.7 Å². The van der Waals surface area contributed by atoms with E-state index in [0.29, 0.717) is 5.56 Å². The zero-order chi connectivity index (χ0) is 10.7. The van der Waals surface area contributed by atoms with Crippen molar-refractivity contribution in [2.45, 2.75) is 12.8 Å². The van der Waals surface area contributed by atoms with Crippen LogP contribution >= 0.6 is 0 Å². The maximum Gasteiger partial charge on any atom is 0.113 e. The number of hydrogen-bond acceptors (Lipinski definition) is 2. The average molecular weight is 197 g/mol. The highest BCUT2D eigenvalue weighted by Crippen LogP contribution is 2.20. The minimum absolute atomic E-state index is 0.229. The molecule has 1 N–H and O–H groups in total. The molecule has 0 bridgehead atoms. The fraction of sp³-hybridized carbons (Fsp3) is 0.167. The molecule has 1 unspecified atom stereocenters. The number of nitrogens with zero attached hydrogens (tertiary/aromatic N) is 2. The summed E-state index contributed by atoms with van der Waals surface area (Å²) in [6, 6.07) is 9.69. The Morgan fingerprint density at radius 3 is 2.60 bits per heavy atom. The van der Waals surface area contributed by atoms with Gasteiger partial charge >= 0.3 is 0 Å². The first kappa shape index (κ1) is 9.47. The highest BCUT2D eigenvalue weighted by molar-refractivity contribution is 5.34. The van der Waals surface area contributed by atoms with Crippen LogP contribution in [0.2, 0.25) is 0 Å². The molecule has 1 aromatic heterocycles. The topological polar surface area (TPSA) is 52.5 Å². The van der Waals surface area contributed by atoms with Gasteiger partial charge in [0.25, 0.3) is 0 Å². The van der Waals surface area contributed by atoms with Crippen LogP contribution < -0.4 is 0 Å². The molecule has 0 fully saturated rings. The molecule has 15 heavy (non-hydrogen) atoms. The maximum absolute atomic E-state index is 8.68. The van der Waals surface area contributed by atoms with E-state index >= 15 is 0 Å². The summed E-state index contributed by atoms with van der Waals surface area (Å²) in [6.45, 7) is 2.08. The first-order valence-corrected chi connectivity index (χ1v) is 4.80. The highest BCUT2D eigenvalue weighted by atomic mass is 14.9. The molecule has 1 heterocycles. The second kappa shape index (κ2) is 3.97. The molecule has 3 heteroatoms. The number of aromatic amines is 1. The van der Waals surface area contributed by atoms with E-state index in [9.17, 15) is 0 Å². The molecule has 0 aliphatic rings. The van der Waals surface area contributed by atoms with Crippen LogP contribution in [-0.4, -0.2) is 9.97 Å². The lowest BCUT2D eigenvalue weighted by molar-refractivity contribution is 0.840. The van der Waals surface area contributed by atoms with Gasteiger partial charge in [-0.1, -0.05) is 19.1 Å². The molecule has 0 aliphatic carbocycles. The Balaban J connectivity index is 2.27. The van der Waals surface area contributed by atoms with Gasteiger partial charge in [-0.15, -0.1) is 0 Å². The van der Waals surface area contributed by atoms with E-state index in [1.54, 1.807) is 6.20 Å². The lowest BCUT2D eigenvalue weighted by Crippen LogP contribution is -1.98.